The van der Waals surface area contributed by atoms with Crippen molar-refractivity contribution in [1.29, 1.82) is 0 Å². The van der Waals surface area contributed by atoms with Gasteiger partial charge in [0.1, 0.15) is 12.4 Å². The first-order chi connectivity index (χ1) is 10.7. The van der Waals surface area contributed by atoms with Crippen LogP contribution in [0.5, 0.6) is 0 Å². The first kappa shape index (κ1) is 19.2. The molecule has 0 aromatic carbocycles. The van der Waals surface area contributed by atoms with Gasteiger partial charge in [-0.1, -0.05) is 27.7 Å². The predicted molar refractivity (Wildman–Crippen MR) is 89.3 cm³/mol. The van der Waals surface area contributed by atoms with E-state index in [1.54, 1.807) is 11.7 Å². The van der Waals surface area contributed by atoms with Crippen LogP contribution < -0.4 is 5.32 Å². The van der Waals surface area contributed by atoms with Crippen molar-refractivity contribution in [3.05, 3.63) is 11.8 Å². The summed E-state index contributed by atoms with van der Waals surface area (Å²) in [5, 5.41) is 7.23. The molecule has 0 aliphatic rings. The molecule has 1 aromatic rings. The van der Waals surface area contributed by atoms with Crippen LogP contribution in [0.2, 0.25) is 0 Å². The minimum Gasteiger partial charge on any atom is -0.375 e. The van der Waals surface area contributed by atoms with E-state index < -0.39 is 0 Å². The Morgan fingerprint density at radius 1 is 1.39 bits per heavy atom. The van der Waals surface area contributed by atoms with Crippen LogP contribution in [0.4, 0.5) is 5.82 Å². The zero-order valence-corrected chi connectivity index (χ0v) is 15.0. The van der Waals surface area contributed by atoms with Crippen molar-refractivity contribution in [3.63, 3.8) is 0 Å². The van der Waals surface area contributed by atoms with Gasteiger partial charge in [0.05, 0.1) is 12.2 Å². The summed E-state index contributed by atoms with van der Waals surface area (Å²) in [6, 6.07) is 1.86. The van der Waals surface area contributed by atoms with Crippen LogP contribution in [0.25, 0.3) is 0 Å². The number of rotatable bonds is 7. The van der Waals surface area contributed by atoms with Crippen LogP contribution in [0.15, 0.2) is 6.07 Å². The zero-order valence-electron chi connectivity index (χ0n) is 15.0. The Morgan fingerprint density at radius 3 is 2.52 bits per heavy atom. The highest BCUT2D eigenvalue weighted by Crippen LogP contribution is 2.23. The SMILES string of the molecule is CCCN(CC(=O)Nc1cc(C(C)(C)C)nn1C)C(=O)COC. The number of nitrogens with zero attached hydrogens (tertiary/aromatic N) is 3. The molecule has 7 nitrogen and oxygen atoms in total. The molecule has 0 saturated carbocycles. The van der Waals surface area contributed by atoms with Crippen molar-refractivity contribution in [3.8, 4) is 0 Å². The number of ether oxygens (including phenoxy) is 1. The second kappa shape index (κ2) is 8.10. The Hall–Kier alpha value is -1.89. The van der Waals surface area contributed by atoms with Crippen LogP contribution in [0.1, 0.15) is 39.8 Å². The van der Waals surface area contributed by atoms with E-state index in [-0.39, 0.29) is 30.4 Å². The lowest BCUT2D eigenvalue weighted by Gasteiger charge is -2.21. The fraction of sp³-hybridized carbons (Fsp3) is 0.688. The summed E-state index contributed by atoms with van der Waals surface area (Å²) in [6.45, 7) is 8.66. The fourth-order valence-electron chi connectivity index (χ4n) is 2.08. The molecular formula is C16H28N4O3. The van der Waals surface area contributed by atoms with E-state index in [0.717, 1.165) is 12.1 Å². The number of amides is 2. The lowest BCUT2D eigenvalue weighted by atomic mass is 9.92. The van der Waals surface area contributed by atoms with Crippen molar-refractivity contribution in [2.75, 3.05) is 32.1 Å². The van der Waals surface area contributed by atoms with Gasteiger partial charge >= 0.3 is 0 Å². The van der Waals surface area contributed by atoms with Gasteiger partial charge in [0.15, 0.2) is 0 Å². The van der Waals surface area contributed by atoms with E-state index in [2.05, 4.69) is 31.2 Å². The van der Waals surface area contributed by atoms with E-state index in [1.165, 1.54) is 12.0 Å². The maximum absolute atomic E-state index is 12.2. The Balaban J connectivity index is 2.75. The van der Waals surface area contributed by atoms with Crippen LogP contribution in [-0.4, -0.2) is 53.3 Å². The summed E-state index contributed by atoms with van der Waals surface area (Å²) in [5.41, 5.74) is 0.805. The molecule has 0 bridgehead atoms. The fourth-order valence-corrected chi connectivity index (χ4v) is 2.08. The number of methoxy groups -OCH3 is 1. The number of aromatic nitrogens is 2. The summed E-state index contributed by atoms with van der Waals surface area (Å²) >= 11 is 0. The third kappa shape index (κ3) is 5.67. The van der Waals surface area contributed by atoms with Gasteiger partial charge in [0.2, 0.25) is 11.8 Å². The van der Waals surface area contributed by atoms with Gasteiger partial charge in [0.25, 0.3) is 0 Å². The lowest BCUT2D eigenvalue weighted by molar-refractivity contribution is -0.138. The first-order valence-electron chi connectivity index (χ1n) is 7.80. The Labute approximate surface area is 138 Å². The van der Waals surface area contributed by atoms with Crippen molar-refractivity contribution < 1.29 is 14.3 Å². The van der Waals surface area contributed by atoms with Gasteiger partial charge in [-0.25, -0.2) is 0 Å². The van der Waals surface area contributed by atoms with E-state index in [9.17, 15) is 9.59 Å². The van der Waals surface area contributed by atoms with E-state index in [1.807, 2.05) is 13.0 Å². The topological polar surface area (TPSA) is 76.5 Å². The smallest absolute Gasteiger partial charge is 0.249 e. The van der Waals surface area contributed by atoms with Crippen LogP contribution in [0.3, 0.4) is 0 Å². The first-order valence-corrected chi connectivity index (χ1v) is 7.80. The highest BCUT2D eigenvalue weighted by atomic mass is 16.5. The molecule has 1 rings (SSSR count). The molecule has 2 amide bonds. The quantitative estimate of drug-likeness (QED) is 0.825. The van der Waals surface area contributed by atoms with Crippen LogP contribution in [0, 0.1) is 0 Å². The number of nitrogens with one attached hydrogen (secondary N) is 1. The standard InChI is InChI=1S/C16H28N4O3/c1-7-8-20(15(22)11-23-6)10-14(21)17-13-9-12(16(2,3)4)18-19(13)5/h9H,7-8,10-11H2,1-6H3,(H,17,21). The Kier molecular flexibility index (Phi) is 6.75. The number of anilines is 1. The molecule has 0 atom stereocenters. The lowest BCUT2D eigenvalue weighted by Crippen LogP contribution is -2.40. The average Bonchev–Trinajstić information content (AvgIpc) is 2.80. The summed E-state index contributed by atoms with van der Waals surface area (Å²) < 4.78 is 6.49. The molecule has 1 heterocycles. The van der Waals surface area contributed by atoms with E-state index >= 15 is 0 Å². The molecule has 0 saturated heterocycles. The summed E-state index contributed by atoms with van der Waals surface area (Å²) in [7, 11) is 3.25. The normalized spacial score (nSPS) is 11.4. The molecule has 0 radical (unpaired) electrons. The van der Waals surface area contributed by atoms with Gasteiger partial charge in [-0.3, -0.25) is 14.3 Å². The minimum atomic E-state index is -0.244. The predicted octanol–water partition coefficient (Wildman–Crippen LogP) is 1.54. The number of carbonyl (C=O) groups excluding carboxylic acids is 2. The van der Waals surface area contributed by atoms with Gasteiger partial charge in [-0.2, -0.15) is 5.10 Å². The molecule has 23 heavy (non-hydrogen) atoms. The van der Waals surface area contributed by atoms with Gasteiger partial charge < -0.3 is 15.0 Å². The molecule has 1 N–H and O–H groups in total. The second-order valence-corrected chi connectivity index (χ2v) is 6.58. The van der Waals surface area contributed by atoms with Gasteiger partial charge in [0, 0.05) is 32.2 Å². The summed E-state index contributed by atoms with van der Waals surface area (Å²) in [5.74, 6) is 0.187. The van der Waals surface area contributed by atoms with Crippen molar-refractivity contribution in [1.82, 2.24) is 14.7 Å². The molecule has 7 heteroatoms. The maximum atomic E-state index is 12.2. The van der Waals surface area contributed by atoms with Crippen LogP contribution in [-0.2, 0) is 26.8 Å². The molecule has 0 spiro atoms. The Bertz CT molecular complexity index is 546. The summed E-state index contributed by atoms with van der Waals surface area (Å²) in [4.78, 5) is 25.7. The number of hydrogen-bond acceptors (Lipinski definition) is 4. The van der Waals surface area contributed by atoms with Crippen molar-refractivity contribution >= 4 is 17.6 Å². The van der Waals surface area contributed by atoms with E-state index in [0.29, 0.717) is 12.4 Å². The van der Waals surface area contributed by atoms with E-state index in [4.69, 9.17) is 4.74 Å². The van der Waals surface area contributed by atoms with Crippen LogP contribution >= 0.6 is 0 Å². The molecule has 0 unspecified atom stereocenters. The third-order valence-corrected chi connectivity index (χ3v) is 3.36. The molecule has 0 aliphatic carbocycles. The number of aryl methyl sites for hydroxylation is 1. The van der Waals surface area contributed by atoms with Gasteiger partial charge in [-0.15, -0.1) is 0 Å². The second-order valence-electron chi connectivity index (χ2n) is 6.58. The largest absolute Gasteiger partial charge is 0.375 e. The molecular weight excluding hydrogens is 296 g/mol. The minimum absolute atomic E-state index is 0.00602. The highest BCUT2D eigenvalue weighted by molar-refractivity contribution is 5.94. The maximum Gasteiger partial charge on any atom is 0.249 e. The average molecular weight is 324 g/mol. The third-order valence-electron chi connectivity index (χ3n) is 3.36. The number of hydrogen-bond donors (Lipinski definition) is 1. The molecule has 0 fully saturated rings. The van der Waals surface area contributed by atoms with Gasteiger partial charge in [-0.05, 0) is 6.42 Å². The molecule has 0 aliphatic heterocycles. The monoisotopic (exact) mass is 324 g/mol. The zero-order chi connectivity index (χ0) is 17.6. The van der Waals surface area contributed by atoms with Crippen molar-refractivity contribution in [2.45, 2.75) is 39.5 Å². The number of carbonyl (C=O) groups is 2. The Morgan fingerprint density at radius 2 is 2.04 bits per heavy atom. The van der Waals surface area contributed by atoms with Crippen molar-refractivity contribution in [2.24, 2.45) is 7.05 Å². The molecule has 130 valence electrons. The molecule has 1 aromatic heterocycles. The highest BCUT2D eigenvalue weighted by Gasteiger charge is 2.21. The summed E-state index contributed by atoms with van der Waals surface area (Å²) in [6.07, 6.45) is 0.780.